The number of ketones is 1. The van der Waals surface area contributed by atoms with Crippen molar-refractivity contribution < 1.29 is 9.53 Å². The number of ether oxygens (including phenoxy) is 1. The Morgan fingerprint density at radius 2 is 1.74 bits per heavy atom. The van der Waals surface area contributed by atoms with Crippen molar-refractivity contribution in [2.45, 2.75) is 12.8 Å². The second-order valence-electron chi connectivity index (χ2n) is 4.82. The molecule has 0 amide bonds. The number of rotatable bonds is 7. The monoisotopic (exact) mass is 310 g/mol. The predicted molar refractivity (Wildman–Crippen MR) is 88.4 cm³/mol. The summed E-state index contributed by atoms with van der Waals surface area (Å²) in [4.78, 5) is 12.1. The molecule has 2 N–H and O–H groups in total. The van der Waals surface area contributed by atoms with Gasteiger partial charge in [0.2, 0.25) is 0 Å². The lowest BCUT2D eigenvalue weighted by Crippen LogP contribution is -2.25. The normalized spacial score (nSPS) is 9.96. The molecule has 0 heterocycles. The number of carbonyl (C=O) groups is 1. The van der Waals surface area contributed by atoms with Crippen LogP contribution in [0.5, 0.6) is 5.75 Å². The standard InChI is InChI=1S/C17H18N4O2/c1-23-16-10-6-5-9-14(16)21(20-19)17(18)12-11-15(22)13-7-3-2-4-8-13/h2-10,18-19H,11-12H2,1H3. The lowest BCUT2D eigenvalue weighted by Gasteiger charge is -2.19. The summed E-state index contributed by atoms with van der Waals surface area (Å²) in [5.74, 6) is 0.539. The fourth-order valence-corrected chi connectivity index (χ4v) is 2.17. The first kappa shape index (κ1) is 16.4. The van der Waals surface area contributed by atoms with E-state index in [-0.39, 0.29) is 24.5 Å². The van der Waals surface area contributed by atoms with Gasteiger partial charge in [-0.1, -0.05) is 47.7 Å². The van der Waals surface area contributed by atoms with Gasteiger partial charge in [0.05, 0.1) is 7.11 Å². The third-order valence-electron chi connectivity index (χ3n) is 3.35. The Morgan fingerprint density at radius 3 is 2.39 bits per heavy atom. The minimum absolute atomic E-state index is 0.0414. The molecule has 6 heteroatoms. The van der Waals surface area contributed by atoms with E-state index in [1.807, 2.05) is 6.07 Å². The second kappa shape index (κ2) is 7.84. The SMILES string of the molecule is COc1ccccc1N(N=N)C(=N)CCC(=O)c1ccccc1. The van der Waals surface area contributed by atoms with Crippen LogP contribution in [0.2, 0.25) is 0 Å². The molecule has 0 unspecified atom stereocenters. The summed E-state index contributed by atoms with van der Waals surface area (Å²) in [6.07, 6.45) is 0.373. The zero-order chi connectivity index (χ0) is 16.7. The highest BCUT2D eigenvalue weighted by Crippen LogP contribution is 2.28. The highest BCUT2D eigenvalue weighted by atomic mass is 16.5. The minimum Gasteiger partial charge on any atom is -0.494 e. The zero-order valence-corrected chi connectivity index (χ0v) is 12.8. The maximum atomic E-state index is 12.1. The van der Waals surface area contributed by atoms with Gasteiger partial charge >= 0.3 is 0 Å². The van der Waals surface area contributed by atoms with Crippen molar-refractivity contribution in [1.29, 1.82) is 10.9 Å². The maximum Gasteiger partial charge on any atom is 0.163 e. The van der Waals surface area contributed by atoms with Gasteiger partial charge in [-0.3, -0.25) is 10.2 Å². The number of nitrogens with one attached hydrogen (secondary N) is 2. The number of amidine groups is 1. The van der Waals surface area contributed by atoms with Crippen molar-refractivity contribution in [2.24, 2.45) is 5.22 Å². The van der Waals surface area contributed by atoms with Crippen molar-refractivity contribution in [3.8, 4) is 5.75 Å². The Balaban J connectivity index is 2.06. The number of carbonyl (C=O) groups excluding carboxylic acids is 1. The van der Waals surface area contributed by atoms with Crippen LogP contribution in [0, 0.1) is 10.9 Å². The molecule has 0 aliphatic rings. The molecule has 0 aliphatic carbocycles. The molecular weight excluding hydrogens is 292 g/mol. The molecule has 0 bridgehead atoms. The third-order valence-corrected chi connectivity index (χ3v) is 3.35. The molecule has 23 heavy (non-hydrogen) atoms. The average Bonchev–Trinajstić information content (AvgIpc) is 2.61. The summed E-state index contributed by atoms with van der Waals surface area (Å²) >= 11 is 0. The van der Waals surface area contributed by atoms with E-state index in [0.29, 0.717) is 17.0 Å². The lowest BCUT2D eigenvalue weighted by atomic mass is 10.1. The smallest absolute Gasteiger partial charge is 0.163 e. The molecule has 0 radical (unpaired) electrons. The Labute approximate surface area is 134 Å². The number of hydrogen-bond donors (Lipinski definition) is 2. The molecule has 2 aromatic carbocycles. The summed E-state index contributed by atoms with van der Waals surface area (Å²) < 4.78 is 5.22. The number of anilines is 1. The van der Waals surface area contributed by atoms with Crippen molar-refractivity contribution in [1.82, 2.24) is 0 Å². The average molecular weight is 310 g/mol. The first-order valence-corrected chi connectivity index (χ1v) is 7.13. The van der Waals surface area contributed by atoms with Crippen molar-refractivity contribution in [3.05, 3.63) is 60.2 Å². The molecular formula is C17H18N4O2. The lowest BCUT2D eigenvalue weighted by molar-refractivity contribution is 0.0984. The van der Waals surface area contributed by atoms with Gasteiger partial charge in [-0.15, -0.1) is 0 Å². The fraction of sp³-hybridized carbons (Fsp3) is 0.176. The van der Waals surface area contributed by atoms with Crippen LogP contribution in [0.3, 0.4) is 0 Å². The van der Waals surface area contributed by atoms with Gasteiger partial charge in [0.1, 0.15) is 17.3 Å². The van der Waals surface area contributed by atoms with Gasteiger partial charge in [-0.2, -0.15) is 10.5 Å². The van der Waals surface area contributed by atoms with Crippen LogP contribution in [0.4, 0.5) is 5.69 Å². The summed E-state index contributed by atoms with van der Waals surface area (Å²) in [5.41, 5.74) is 8.44. The molecule has 0 fully saturated rings. The molecule has 2 rings (SSSR count). The summed E-state index contributed by atoms with van der Waals surface area (Å²) in [5, 5.41) is 12.7. The molecule has 0 aliphatic heterocycles. The van der Waals surface area contributed by atoms with E-state index in [9.17, 15) is 4.79 Å². The summed E-state index contributed by atoms with van der Waals surface area (Å²) in [6, 6.07) is 16.0. The van der Waals surface area contributed by atoms with Crippen LogP contribution >= 0.6 is 0 Å². The van der Waals surface area contributed by atoms with Crippen molar-refractivity contribution in [3.63, 3.8) is 0 Å². The van der Waals surface area contributed by atoms with Crippen LogP contribution < -0.4 is 9.75 Å². The van der Waals surface area contributed by atoms with Gasteiger partial charge in [-0.25, -0.2) is 0 Å². The highest BCUT2D eigenvalue weighted by Gasteiger charge is 2.17. The summed E-state index contributed by atoms with van der Waals surface area (Å²) in [7, 11) is 1.52. The van der Waals surface area contributed by atoms with Crippen LogP contribution in [0.25, 0.3) is 0 Å². The largest absolute Gasteiger partial charge is 0.494 e. The van der Waals surface area contributed by atoms with Gasteiger partial charge < -0.3 is 4.74 Å². The van der Waals surface area contributed by atoms with E-state index in [2.05, 4.69) is 5.22 Å². The van der Waals surface area contributed by atoms with Crippen molar-refractivity contribution in [2.75, 3.05) is 12.1 Å². The molecule has 2 aromatic rings. The van der Waals surface area contributed by atoms with E-state index in [0.717, 1.165) is 5.01 Å². The van der Waals surface area contributed by atoms with E-state index in [1.54, 1.807) is 48.5 Å². The molecule has 0 saturated carbocycles. The van der Waals surface area contributed by atoms with E-state index < -0.39 is 0 Å². The van der Waals surface area contributed by atoms with Crippen LogP contribution in [-0.2, 0) is 0 Å². The number of Topliss-reactive ketones (excluding diaryl/α,β-unsaturated/α-hetero) is 1. The Kier molecular flexibility index (Phi) is 5.57. The molecule has 0 spiro atoms. The van der Waals surface area contributed by atoms with Gasteiger partial charge in [0, 0.05) is 18.4 Å². The summed E-state index contributed by atoms with van der Waals surface area (Å²) in [6.45, 7) is 0. The van der Waals surface area contributed by atoms with E-state index in [4.69, 9.17) is 15.7 Å². The van der Waals surface area contributed by atoms with Crippen molar-refractivity contribution >= 4 is 17.3 Å². The number of nitrogens with zero attached hydrogens (tertiary/aromatic N) is 2. The maximum absolute atomic E-state index is 12.1. The van der Waals surface area contributed by atoms with Gasteiger partial charge in [0.15, 0.2) is 5.78 Å². The zero-order valence-electron chi connectivity index (χ0n) is 12.8. The predicted octanol–water partition coefficient (Wildman–Crippen LogP) is 4.09. The molecule has 6 nitrogen and oxygen atoms in total. The van der Waals surface area contributed by atoms with E-state index >= 15 is 0 Å². The third kappa shape index (κ3) is 4.00. The quantitative estimate of drug-likeness (QED) is 0.265. The second-order valence-corrected chi connectivity index (χ2v) is 4.82. The first-order valence-electron chi connectivity index (χ1n) is 7.13. The Morgan fingerprint density at radius 1 is 1.09 bits per heavy atom. The topological polar surface area (TPSA) is 89.6 Å². The van der Waals surface area contributed by atoms with Gasteiger partial charge in [0.25, 0.3) is 0 Å². The molecule has 0 aromatic heterocycles. The molecule has 0 atom stereocenters. The van der Waals surface area contributed by atoms with Crippen LogP contribution in [-0.4, -0.2) is 18.7 Å². The van der Waals surface area contributed by atoms with Gasteiger partial charge in [-0.05, 0) is 12.1 Å². The van der Waals surface area contributed by atoms with E-state index in [1.165, 1.54) is 7.11 Å². The number of benzene rings is 2. The fourth-order valence-electron chi connectivity index (χ4n) is 2.17. The Bertz CT molecular complexity index is 701. The molecule has 118 valence electrons. The first-order chi connectivity index (χ1) is 11.2. The van der Waals surface area contributed by atoms with Crippen LogP contribution in [0.15, 0.2) is 59.8 Å². The molecule has 0 saturated heterocycles. The number of para-hydroxylation sites is 2. The number of methoxy groups -OCH3 is 1. The number of hydrogen-bond acceptors (Lipinski definition) is 5. The van der Waals surface area contributed by atoms with Crippen LogP contribution in [0.1, 0.15) is 23.2 Å². The minimum atomic E-state index is -0.0414. The Hall–Kier alpha value is -3.02. The highest BCUT2D eigenvalue weighted by molar-refractivity contribution is 6.01.